The maximum absolute atomic E-state index is 10.6. The number of hydrogen-bond donors (Lipinski definition) is 2. The third-order valence-electron chi connectivity index (χ3n) is 3.47. The molecule has 3 N–H and O–H groups in total. The van der Waals surface area contributed by atoms with Gasteiger partial charge < -0.3 is 10.8 Å². The fourth-order valence-electron chi connectivity index (χ4n) is 2.21. The molecule has 2 rings (SSSR count). The van der Waals surface area contributed by atoms with Crippen LogP contribution in [-0.2, 0) is 4.79 Å². The van der Waals surface area contributed by atoms with Crippen molar-refractivity contribution in [1.29, 1.82) is 0 Å². The van der Waals surface area contributed by atoms with Gasteiger partial charge in [-0.1, -0.05) is 88.6 Å². The number of nitrogens with zero attached hydrogens (tertiary/aromatic N) is 1. The highest BCUT2D eigenvalue weighted by Gasteiger charge is 2.14. The molecular weight excluding hydrogens is 332 g/mol. The normalized spacial score (nSPS) is 10.7. The van der Waals surface area contributed by atoms with Gasteiger partial charge >= 0.3 is 5.97 Å². The topological polar surface area (TPSA) is 76.2 Å². The molecule has 0 saturated heterocycles. The van der Waals surface area contributed by atoms with Crippen molar-refractivity contribution in [3.8, 4) is 10.4 Å². The molecule has 0 spiro atoms. The van der Waals surface area contributed by atoms with Gasteiger partial charge in [-0.25, -0.2) is 4.98 Å². The molecule has 5 heteroatoms. The Kier molecular flexibility index (Phi) is 13.4. The van der Waals surface area contributed by atoms with Crippen LogP contribution in [0.25, 0.3) is 10.4 Å². The Labute approximate surface area is 156 Å². The van der Waals surface area contributed by atoms with Gasteiger partial charge in [0.15, 0.2) is 5.13 Å². The number of carboxylic acids is 1. The van der Waals surface area contributed by atoms with E-state index in [1.165, 1.54) is 16.9 Å². The van der Waals surface area contributed by atoms with Crippen LogP contribution in [0.4, 0.5) is 5.13 Å². The maximum Gasteiger partial charge on any atom is 0.306 e. The third-order valence-corrected chi connectivity index (χ3v) is 4.35. The summed E-state index contributed by atoms with van der Waals surface area (Å²) >= 11 is 1.51. The van der Waals surface area contributed by atoms with Crippen LogP contribution in [0.5, 0.6) is 0 Å². The second kappa shape index (κ2) is 14.5. The number of nitrogen functional groups attached to an aromatic ring is 1. The van der Waals surface area contributed by atoms with E-state index in [0.29, 0.717) is 5.13 Å². The Morgan fingerprint density at radius 3 is 2.24 bits per heavy atom. The second-order valence-electron chi connectivity index (χ2n) is 5.39. The van der Waals surface area contributed by atoms with E-state index in [1.807, 2.05) is 51.1 Å². The van der Waals surface area contributed by atoms with Crippen molar-refractivity contribution in [2.24, 2.45) is 5.92 Å². The molecule has 140 valence electrons. The molecule has 0 amide bonds. The number of rotatable bonds is 7. The number of nitrogens with two attached hydrogens (primary N) is 1. The van der Waals surface area contributed by atoms with Gasteiger partial charge in [-0.15, -0.1) is 0 Å². The van der Waals surface area contributed by atoms with Crippen LogP contribution in [0.3, 0.4) is 0 Å². The van der Waals surface area contributed by atoms with Gasteiger partial charge in [-0.3, -0.25) is 4.79 Å². The zero-order valence-corrected chi connectivity index (χ0v) is 16.7. The molecule has 0 radical (unpaired) electrons. The van der Waals surface area contributed by atoms with Crippen molar-refractivity contribution in [2.45, 2.75) is 59.8 Å². The predicted octanol–water partition coefficient (Wildman–Crippen LogP) is 6.10. The van der Waals surface area contributed by atoms with Crippen molar-refractivity contribution in [1.82, 2.24) is 4.98 Å². The van der Waals surface area contributed by atoms with Crippen molar-refractivity contribution in [3.63, 3.8) is 0 Å². The number of benzene rings is 1. The summed E-state index contributed by atoms with van der Waals surface area (Å²) < 4.78 is 0. The fourth-order valence-corrected chi connectivity index (χ4v) is 2.90. The Balaban J connectivity index is 0.000000422. The summed E-state index contributed by atoms with van der Waals surface area (Å²) in [6.07, 6.45) is 6.58. The zero-order chi connectivity index (χ0) is 19.1. The molecule has 0 aliphatic rings. The Morgan fingerprint density at radius 2 is 1.80 bits per heavy atom. The molecule has 1 aromatic carbocycles. The lowest BCUT2D eigenvalue weighted by atomic mass is 9.97. The average Bonchev–Trinajstić information content (AvgIpc) is 3.08. The maximum atomic E-state index is 10.6. The largest absolute Gasteiger partial charge is 0.481 e. The second-order valence-corrected chi connectivity index (χ2v) is 6.46. The van der Waals surface area contributed by atoms with E-state index < -0.39 is 5.97 Å². The van der Waals surface area contributed by atoms with Gasteiger partial charge in [0.2, 0.25) is 0 Å². The van der Waals surface area contributed by atoms with Crippen LogP contribution in [0.15, 0.2) is 36.5 Å². The molecule has 0 fully saturated rings. The summed E-state index contributed by atoms with van der Waals surface area (Å²) in [4.78, 5) is 15.7. The highest BCUT2D eigenvalue weighted by atomic mass is 32.1. The number of unbranched alkanes of at least 4 members (excludes halogenated alkanes) is 1. The standard InChI is InChI=1S/C9H8N2S.C9H18O2.C2H6/c10-9-11-6-8(12-9)7-4-2-1-3-5-7;1-3-5-7-8(6-4-2)9(10)11;1-2/h1-6H,(H2,10,11);8H,3-7H2,1-2H3,(H,10,11);1-2H3. The highest BCUT2D eigenvalue weighted by Crippen LogP contribution is 2.26. The van der Waals surface area contributed by atoms with E-state index in [9.17, 15) is 4.79 Å². The average molecular weight is 365 g/mol. The number of carbonyl (C=O) groups is 1. The lowest BCUT2D eigenvalue weighted by molar-refractivity contribution is -0.142. The molecule has 1 unspecified atom stereocenters. The smallest absolute Gasteiger partial charge is 0.306 e. The lowest BCUT2D eigenvalue weighted by Crippen LogP contribution is -2.12. The molecular formula is C20H32N2O2S. The van der Waals surface area contributed by atoms with Gasteiger partial charge in [0, 0.05) is 6.20 Å². The molecule has 0 saturated carbocycles. The number of aromatic nitrogens is 1. The third kappa shape index (κ3) is 9.87. The van der Waals surface area contributed by atoms with Gasteiger partial charge in [-0.05, 0) is 18.4 Å². The first-order valence-electron chi connectivity index (χ1n) is 9.08. The van der Waals surface area contributed by atoms with Crippen LogP contribution in [0.1, 0.15) is 59.8 Å². The highest BCUT2D eigenvalue weighted by molar-refractivity contribution is 7.18. The van der Waals surface area contributed by atoms with E-state index in [-0.39, 0.29) is 5.92 Å². The summed E-state index contributed by atoms with van der Waals surface area (Å²) in [5.41, 5.74) is 6.70. The SMILES string of the molecule is CC.CCCCC(CCC)C(=O)O.Nc1ncc(-c2ccccc2)s1. The number of aliphatic carboxylic acids is 1. The fraction of sp³-hybridized carbons (Fsp3) is 0.500. The summed E-state index contributed by atoms with van der Waals surface area (Å²) in [6.45, 7) is 8.12. The zero-order valence-electron chi connectivity index (χ0n) is 15.9. The van der Waals surface area contributed by atoms with Crippen LogP contribution >= 0.6 is 11.3 Å². The van der Waals surface area contributed by atoms with Crippen molar-refractivity contribution in [3.05, 3.63) is 36.5 Å². The van der Waals surface area contributed by atoms with Crippen LogP contribution in [0, 0.1) is 5.92 Å². The minimum atomic E-state index is -0.625. The van der Waals surface area contributed by atoms with E-state index in [1.54, 1.807) is 6.20 Å². The molecule has 4 nitrogen and oxygen atoms in total. The van der Waals surface area contributed by atoms with Crippen LogP contribution < -0.4 is 5.73 Å². The summed E-state index contributed by atoms with van der Waals surface area (Å²) in [6, 6.07) is 10.1. The van der Waals surface area contributed by atoms with E-state index >= 15 is 0 Å². The minimum absolute atomic E-state index is 0.0973. The molecule has 0 aliphatic carbocycles. The molecule has 25 heavy (non-hydrogen) atoms. The molecule has 1 atom stereocenters. The lowest BCUT2D eigenvalue weighted by Gasteiger charge is -2.08. The van der Waals surface area contributed by atoms with Gasteiger partial charge in [-0.2, -0.15) is 0 Å². The van der Waals surface area contributed by atoms with Crippen LogP contribution in [-0.4, -0.2) is 16.1 Å². The Hall–Kier alpha value is -1.88. The summed E-state index contributed by atoms with van der Waals surface area (Å²) in [5.74, 6) is -0.722. The van der Waals surface area contributed by atoms with Crippen molar-refractivity contribution >= 4 is 22.4 Å². The summed E-state index contributed by atoms with van der Waals surface area (Å²) in [7, 11) is 0. The van der Waals surface area contributed by atoms with E-state index in [0.717, 1.165) is 37.0 Å². The minimum Gasteiger partial charge on any atom is -0.481 e. The van der Waals surface area contributed by atoms with Gasteiger partial charge in [0.1, 0.15) is 0 Å². The number of carboxylic acid groups (broad SMARTS) is 1. The van der Waals surface area contributed by atoms with Gasteiger partial charge in [0.05, 0.1) is 10.8 Å². The molecule has 0 bridgehead atoms. The molecule has 1 heterocycles. The number of thiazole rings is 1. The summed E-state index contributed by atoms with van der Waals surface area (Å²) in [5, 5.41) is 9.35. The van der Waals surface area contributed by atoms with E-state index in [4.69, 9.17) is 10.8 Å². The quantitative estimate of drug-likeness (QED) is 0.622. The Bertz CT molecular complexity index is 570. The van der Waals surface area contributed by atoms with E-state index in [2.05, 4.69) is 11.9 Å². The first kappa shape index (κ1) is 23.1. The molecule has 2 aromatic rings. The van der Waals surface area contributed by atoms with Gasteiger partial charge in [0.25, 0.3) is 0 Å². The number of hydrogen-bond acceptors (Lipinski definition) is 4. The molecule has 0 aliphatic heterocycles. The first-order chi connectivity index (χ1) is 12.1. The Morgan fingerprint density at radius 1 is 1.16 bits per heavy atom. The number of anilines is 1. The van der Waals surface area contributed by atoms with Crippen molar-refractivity contribution in [2.75, 3.05) is 5.73 Å². The predicted molar refractivity (Wildman–Crippen MR) is 109 cm³/mol. The monoisotopic (exact) mass is 364 g/mol. The van der Waals surface area contributed by atoms with Crippen molar-refractivity contribution < 1.29 is 9.90 Å². The molecule has 1 aromatic heterocycles. The van der Waals surface area contributed by atoms with Crippen LogP contribution in [0.2, 0.25) is 0 Å². The first-order valence-corrected chi connectivity index (χ1v) is 9.89.